The van der Waals surface area contributed by atoms with Crippen molar-refractivity contribution in [3.63, 3.8) is 0 Å². The van der Waals surface area contributed by atoms with E-state index in [1.165, 1.54) is 0 Å². The van der Waals surface area contributed by atoms with Crippen molar-refractivity contribution in [2.45, 2.75) is 144 Å². The van der Waals surface area contributed by atoms with Gasteiger partial charge in [0.05, 0.1) is 36.6 Å². The van der Waals surface area contributed by atoms with Gasteiger partial charge in [0.2, 0.25) is 0 Å². The van der Waals surface area contributed by atoms with E-state index in [0.29, 0.717) is 31.4 Å². The van der Waals surface area contributed by atoms with Gasteiger partial charge in [0, 0.05) is 16.8 Å². The first kappa shape index (κ1) is 36.3. The first-order valence-corrected chi connectivity index (χ1v) is 14.2. The number of ether oxygens (including phenoxy) is 3. The third-order valence-electron chi connectivity index (χ3n) is 8.40. The Balaban J connectivity index is 5.96. The summed E-state index contributed by atoms with van der Waals surface area (Å²) < 4.78 is 19.4. The summed E-state index contributed by atoms with van der Waals surface area (Å²) in [6, 6.07) is 0. The van der Waals surface area contributed by atoms with Crippen LogP contribution in [0.3, 0.4) is 0 Å². The van der Waals surface area contributed by atoms with Gasteiger partial charge in [-0.15, -0.1) is 0 Å². The summed E-state index contributed by atoms with van der Waals surface area (Å²) >= 11 is 0. The van der Waals surface area contributed by atoms with Crippen molar-refractivity contribution >= 4 is 0 Å². The van der Waals surface area contributed by atoms with E-state index in [0.717, 1.165) is 25.7 Å². The molecule has 0 fully saturated rings. The molecule has 0 aliphatic carbocycles. The molecule has 37 heavy (non-hydrogen) atoms. The SMILES string of the molecule is C=C(N)COC(C)(C)CC(CC)(CC(C)(C)OCC(C)C(C)(C)N)CC(C)(C)OCC(C)C(C)(C)NC. The average Bonchev–Trinajstić information content (AvgIpc) is 2.72. The number of hydrogen-bond acceptors (Lipinski definition) is 6. The average molecular weight is 528 g/mol. The lowest BCUT2D eigenvalue weighted by Crippen LogP contribution is -2.48. The second-order valence-electron chi connectivity index (χ2n) is 14.8. The molecule has 6 nitrogen and oxygen atoms in total. The largest absolute Gasteiger partial charge is 0.401 e. The van der Waals surface area contributed by atoms with E-state index in [2.05, 4.69) is 102 Å². The van der Waals surface area contributed by atoms with Crippen molar-refractivity contribution in [2.75, 3.05) is 26.9 Å². The monoisotopic (exact) mass is 528 g/mol. The van der Waals surface area contributed by atoms with Gasteiger partial charge in [0.1, 0.15) is 0 Å². The molecule has 0 bridgehead atoms. The predicted molar refractivity (Wildman–Crippen MR) is 160 cm³/mol. The van der Waals surface area contributed by atoms with Crippen molar-refractivity contribution in [1.82, 2.24) is 5.32 Å². The number of nitrogens with one attached hydrogen (secondary N) is 1. The zero-order chi connectivity index (χ0) is 29.5. The minimum absolute atomic E-state index is 0.00165. The molecule has 0 aliphatic rings. The van der Waals surface area contributed by atoms with Gasteiger partial charge < -0.3 is 31.0 Å². The number of rotatable bonds is 19. The van der Waals surface area contributed by atoms with Crippen LogP contribution in [-0.2, 0) is 14.2 Å². The minimum Gasteiger partial charge on any atom is -0.401 e. The maximum atomic E-state index is 6.63. The topological polar surface area (TPSA) is 91.8 Å². The highest BCUT2D eigenvalue weighted by Gasteiger charge is 2.44. The first-order chi connectivity index (χ1) is 16.4. The highest BCUT2D eigenvalue weighted by Crippen LogP contribution is 2.48. The molecule has 0 rings (SSSR count). The van der Waals surface area contributed by atoms with Crippen LogP contribution >= 0.6 is 0 Å². The standard InChI is InChI=1S/C31H65N3O3/c1-16-31(22-28(9,10)37-19-25(4)32,20-26(5,6)35-17-23(2)29(11,12)33)21-27(7,8)36-18-24(3)30(13,14)34-15/h23-24,34H,4,16-22,32-33H2,1-3,5-15H3. The van der Waals surface area contributed by atoms with Crippen LogP contribution in [0.15, 0.2) is 12.3 Å². The summed E-state index contributed by atoms with van der Waals surface area (Å²) in [4.78, 5) is 0. The molecular formula is C31H65N3O3. The molecule has 222 valence electrons. The minimum atomic E-state index is -0.377. The summed E-state index contributed by atoms with van der Waals surface area (Å²) in [6.07, 6.45) is 3.62. The van der Waals surface area contributed by atoms with Crippen LogP contribution in [0.5, 0.6) is 0 Å². The molecule has 0 aromatic rings. The Labute approximate surface area is 231 Å². The molecule has 0 saturated carbocycles. The molecule has 0 spiro atoms. The van der Waals surface area contributed by atoms with Crippen LogP contribution in [0.1, 0.15) is 116 Å². The molecule has 0 aromatic heterocycles. The summed E-state index contributed by atoms with van der Waals surface area (Å²) in [7, 11) is 2.01. The van der Waals surface area contributed by atoms with E-state index < -0.39 is 0 Å². The fourth-order valence-electron chi connectivity index (χ4n) is 5.08. The molecule has 0 radical (unpaired) electrons. The number of hydrogen-bond donors (Lipinski definition) is 3. The van der Waals surface area contributed by atoms with Gasteiger partial charge in [-0.2, -0.15) is 0 Å². The molecule has 6 heteroatoms. The van der Waals surface area contributed by atoms with E-state index in [9.17, 15) is 0 Å². The van der Waals surface area contributed by atoms with Gasteiger partial charge in [-0.3, -0.25) is 0 Å². The normalized spacial score (nSPS) is 17.4. The molecule has 3 atom stereocenters. The van der Waals surface area contributed by atoms with Gasteiger partial charge in [-0.1, -0.05) is 33.8 Å². The second kappa shape index (κ2) is 13.6. The van der Waals surface area contributed by atoms with Gasteiger partial charge in [0.25, 0.3) is 0 Å². The van der Waals surface area contributed by atoms with Gasteiger partial charge in [-0.25, -0.2) is 0 Å². The second-order valence-corrected chi connectivity index (χ2v) is 14.8. The Morgan fingerprint density at radius 3 is 1.46 bits per heavy atom. The van der Waals surface area contributed by atoms with E-state index in [4.69, 9.17) is 25.7 Å². The van der Waals surface area contributed by atoms with E-state index in [1.807, 2.05) is 7.05 Å². The van der Waals surface area contributed by atoms with E-state index in [-0.39, 0.29) is 39.2 Å². The quantitative estimate of drug-likeness (QED) is 0.180. The molecule has 0 aromatic carbocycles. The van der Waals surface area contributed by atoms with Crippen LogP contribution in [0.4, 0.5) is 0 Å². The lowest BCUT2D eigenvalue weighted by Gasteiger charge is -2.48. The molecule has 0 amide bonds. The number of nitrogens with two attached hydrogens (primary N) is 2. The zero-order valence-corrected chi connectivity index (χ0v) is 27.2. The van der Waals surface area contributed by atoms with Crippen molar-refractivity contribution in [3.8, 4) is 0 Å². The Bertz CT molecular complexity index is 694. The molecule has 0 saturated heterocycles. The maximum Gasteiger partial charge on any atom is 0.0861 e. The van der Waals surface area contributed by atoms with Crippen molar-refractivity contribution < 1.29 is 14.2 Å². The van der Waals surface area contributed by atoms with Gasteiger partial charge >= 0.3 is 0 Å². The smallest absolute Gasteiger partial charge is 0.0861 e. The van der Waals surface area contributed by atoms with Crippen molar-refractivity contribution in [3.05, 3.63) is 12.3 Å². The highest BCUT2D eigenvalue weighted by atomic mass is 16.5. The Kier molecular flexibility index (Phi) is 13.4. The lowest BCUT2D eigenvalue weighted by molar-refractivity contribution is -0.127. The van der Waals surface area contributed by atoms with Gasteiger partial charge in [0.15, 0.2) is 0 Å². The van der Waals surface area contributed by atoms with Crippen LogP contribution < -0.4 is 16.8 Å². The summed E-state index contributed by atoms with van der Waals surface area (Å²) in [5, 5.41) is 3.42. The van der Waals surface area contributed by atoms with Crippen LogP contribution in [0.2, 0.25) is 0 Å². The van der Waals surface area contributed by atoms with Crippen molar-refractivity contribution in [1.29, 1.82) is 0 Å². The molecular weight excluding hydrogens is 462 g/mol. The van der Waals surface area contributed by atoms with Crippen LogP contribution in [0.25, 0.3) is 0 Å². The third kappa shape index (κ3) is 13.8. The lowest BCUT2D eigenvalue weighted by atomic mass is 9.65. The summed E-state index contributed by atoms with van der Waals surface area (Å²) in [6.45, 7) is 33.9. The first-order valence-electron chi connectivity index (χ1n) is 14.2. The molecule has 0 heterocycles. The maximum absolute atomic E-state index is 6.63. The van der Waals surface area contributed by atoms with E-state index >= 15 is 0 Å². The Morgan fingerprint density at radius 1 is 0.757 bits per heavy atom. The third-order valence-corrected chi connectivity index (χ3v) is 8.40. The molecule has 3 unspecified atom stereocenters. The zero-order valence-electron chi connectivity index (χ0n) is 27.2. The van der Waals surface area contributed by atoms with Crippen LogP contribution in [0, 0.1) is 17.3 Å². The Hall–Kier alpha value is -0.660. The molecule has 5 N–H and O–H groups in total. The summed E-state index contributed by atoms with van der Waals surface area (Å²) in [5.74, 6) is 0.610. The summed E-state index contributed by atoms with van der Waals surface area (Å²) in [5.41, 5.74) is 11.4. The predicted octanol–water partition coefficient (Wildman–Crippen LogP) is 6.42. The van der Waals surface area contributed by atoms with Crippen molar-refractivity contribution in [2.24, 2.45) is 28.7 Å². The van der Waals surface area contributed by atoms with Crippen LogP contribution in [-0.4, -0.2) is 54.7 Å². The van der Waals surface area contributed by atoms with Gasteiger partial charge in [-0.05, 0) is 113 Å². The Morgan fingerprint density at radius 2 is 1.14 bits per heavy atom. The van der Waals surface area contributed by atoms with E-state index in [1.54, 1.807) is 0 Å². The molecule has 0 aliphatic heterocycles. The fourth-order valence-corrected chi connectivity index (χ4v) is 5.08. The highest BCUT2D eigenvalue weighted by molar-refractivity contribution is 4.96. The fraction of sp³-hybridized carbons (Fsp3) is 0.935.